The molecule has 1 N–H and O–H groups in total. The van der Waals surface area contributed by atoms with E-state index in [-0.39, 0.29) is 0 Å². The second-order valence-corrected chi connectivity index (χ2v) is 5.02. The van der Waals surface area contributed by atoms with Crippen LogP contribution in [0.5, 0.6) is 0 Å². The number of likely N-dealkylation sites (N-methyl/N-ethyl adjacent to an activating group) is 1. The molecule has 1 atom stereocenters. The van der Waals surface area contributed by atoms with Gasteiger partial charge in [-0.05, 0) is 50.9 Å². The van der Waals surface area contributed by atoms with Gasteiger partial charge in [-0.1, -0.05) is 6.92 Å². The lowest BCUT2D eigenvalue weighted by Crippen LogP contribution is -2.45. The molecule has 0 saturated carbocycles. The van der Waals surface area contributed by atoms with Crippen LogP contribution in [0.4, 0.5) is 0 Å². The van der Waals surface area contributed by atoms with E-state index >= 15 is 0 Å². The Balaban J connectivity index is 2.05. The quantitative estimate of drug-likeness (QED) is 0.682. The first-order valence-electron chi connectivity index (χ1n) is 5.81. The van der Waals surface area contributed by atoms with Crippen molar-refractivity contribution in [3.63, 3.8) is 0 Å². The van der Waals surface area contributed by atoms with Crippen molar-refractivity contribution in [3.05, 3.63) is 0 Å². The summed E-state index contributed by atoms with van der Waals surface area (Å²) in [6.45, 7) is 7.23. The molecule has 1 rings (SSSR count). The zero-order chi connectivity index (χ0) is 10.2. The lowest BCUT2D eigenvalue weighted by molar-refractivity contribution is 0.199. The van der Waals surface area contributed by atoms with Crippen molar-refractivity contribution in [1.82, 2.24) is 10.2 Å². The number of piperidine rings is 1. The van der Waals surface area contributed by atoms with Crippen LogP contribution in [-0.4, -0.2) is 49.1 Å². The van der Waals surface area contributed by atoms with E-state index in [2.05, 4.69) is 23.4 Å². The Morgan fingerprint density at radius 3 is 3.07 bits per heavy atom. The van der Waals surface area contributed by atoms with Crippen molar-refractivity contribution in [2.75, 3.05) is 38.2 Å². The summed E-state index contributed by atoms with van der Waals surface area (Å²) in [5, 5.41) is 3.67. The fourth-order valence-corrected chi connectivity index (χ4v) is 2.47. The maximum absolute atomic E-state index is 3.67. The van der Waals surface area contributed by atoms with E-state index in [4.69, 9.17) is 0 Å². The fraction of sp³-hybridized carbons (Fsp3) is 1.00. The summed E-state index contributed by atoms with van der Waals surface area (Å²) in [6, 6.07) is 0.755. The van der Waals surface area contributed by atoms with E-state index in [9.17, 15) is 0 Å². The van der Waals surface area contributed by atoms with Gasteiger partial charge in [0.1, 0.15) is 0 Å². The third kappa shape index (κ3) is 4.67. The predicted octanol–water partition coefficient (Wildman–Crippen LogP) is 1.81. The molecule has 1 fully saturated rings. The van der Waals surface area contributed by atoms with Gasteiger partial charge in [0.2, 0.25) is 0 Å². The Hall–Kier alpha value is 0.270. The van der Waals surface area contributed by atoms with Gasteiger partial charge in [-0.3, -0.25) is 0 Å². The molecule has 1 heterocycles. The molecule has 0 amide bonds. The fourth-order valence-electron chi connectivity index (χ4n) is 2.03. The summed E-state index contributed by atoms with van der Waals surface area (Å²) in [7, 11) is 0. The molecule has 0 aromatic heterocycles. The normalized spacial score (nSPS) is 24.0. The molecular formula is C11H24N2S. The van der Waals surface area contributed by atoms with Crippen molar-refractivity contribution in [1.29, 1.82) is 0 Å². The van der Waals surface area contributed by atoms with Crippen molar-refractivity contribution < 1.29 is 0 Å². The molecule has 0 aliphatic carbocycles. The Kier molecular flexibility index (Phi) is 6.65. The summed E-state index contributed by atoms with van der Waals surface area (Å²) in [6.07, 6.45) is 6.23. The molecule has 14 heavy (non-hydrogen) atoms. The van der Waals surface area contributed by atoms with Crippen molar-refractivity contribution in [3.8, 4) is 0 Å². The van der Waals surface area contributed by atoms with Crippen LogP contribution in [0.2, 0.25) is 0 Å². The van der Waals surface area contributed by atoms with E-state index in [0.29, 0.717) is 0 Å². The predicted molar refractivity (Wildman–Crippen MR) is 66.1 cm³/mol. The maximum Gasteiger partial charge on any atom is 0.0195 e. The van der Waals surface area contributed by atoms with Crippen LogP contribution >= 0.6 is 11.8 Å². The zero-order valence-electron chi connectivity index (χ0n) is 9.59. The molecule has 84 valence electrons. The lowest BCUT2D eigenvalue weighted by Gasteiger charge is -2.32. The van der Waals surface area contributed by atoms with E-state index in [0.717, 1.165) is 6.04 Å². The third-order valence-electron chi connectivity index (χ3n) is 2.91. The van der Waals surface area contributed by atoms with Gasteiger partial charge in [0.05, 0.1) is 0 Å². The molecule has 0 radical (unpaired) electrons. The number of thioether (sulfide) groups is 1. The van der Waals surface area contributed by atoms with Gasteiger partial charge in [-0.25, -0.2) is 0 Å². The van der Waals surface area contributed by atoms with Crippen LogP contribution in [0.25, 0.3) is 0 Å². The van der Waals surface area contributed by atoms with Gasteiger partial charge < -0.3 is 10.2 Å². The molecule has 2 nitrogen and oxygen atoms in total. The minimum absolute atomic E-state index is 0.755. The number of rotatable bonds is 6. The standard InChI is InChI=1S/C11H24N2S/c1-3-13-8-4-6-11(10-13)12-7-5-9-14-2/h11-12H,3-10H2,1-2H3. The number of likely N-dealkylation sites (tertiary alicyclic amines) is 1. The zero-order valence-corrected chi connectivity index (χ0v) is 10.4. The maximum atomic E-state index is 3.67. The Labute approximate surface area is 92.8 Å². The first-order chi connectivity index (χ1) is 6.86. The SMILES string of the molecule is CCN1CCCC(NCCCSC)C1. The first kappa shape index (κ1) is 12.3. The van der Waals surface area contributed by atoms with Gasteiger partial charge in [0.15, 0.2) is 0 Å². The van der Waals surface area contributed by atoms with E-state index in [1.165, 1.54) is 51.2 Å². The van der Waals surface area contributed by atoms with Crippen molar-refractivity contribution in [2.24, 2.45) is 0 Å². The minimum Gasteiger partial charge on any atom is -0.313 e. The molecule has 0 spiro atoms. The summed E-state index contributed by atoms with van der Waals surface area (Å²) in [5.74, 6) is 1.29. The monoisotopic (exact) mass is 216 g/mol. The number of nitrogens with zero attached hydrogens (tertiary/aromatic N) is 1. The Bertz CT molecular complexity index is 141. The molecular weight excluding hydrogens is 192 g/mol. The highest BCUT2D eigenvalue weighted by Crippen LogP contribution is 2.09. The average Bonchev–Trinajstić information content (AvgIpc) is 2.25. The average molecular weight is 216 g/mol. The number of nitrogens with one attached hydrogen (secondary N) is 1. The van der Waals surface area contributed by atoms with Crippen molar-refractivity contribution in [2.45, 2.75) is 32.2 Å². The molecule has 3 heteroatoms. The highest BCUT2D eigenvalue weighted by Gasteiger charge is 2.17. The van der Waals surface area contributed by atoms with Crippen LogP contribution in [0.15, 0.2) is 0 Å². The van der Waals surface area contributed by atoms with Gasteiger partial charge in [0.25, 0.3) is 0 Å². The lowest BCUT2D eigenvalue weighted by atomic mass is 10.1. The van der Waals surface area contributed by atoms with E-state index in [1.54, 1.807) is 0 Å². The smallest absolute Gasteiger partial charge is 0.0195 e. The summed E-state index contributed by atoms with van der Waals surface area (Å²) >= 11 is 1.94. The van der Waals surface area contributed by atoms with E-state index in [1.807, 2.05) is 11.8 Å². The summed E-state index contributed by atoms with van der Waals surface area (Å²) in [5.41, 5.74) is 0. The van der Waals surface area contributed by atoms with Crippen LogP contribution in [0.1, 0.15) is 26.2 Å². The minimum atomic E-state index is 0.755. The number of hydrogen-bond acceptors (Lipinski definition) is 3. The first-order valence-corrected chi connectivity index (χ1v) is 7.21. The van der Waals surface area contributed by atoms with Crippen molar-refractivity contribution >= 4 is 11.8 Å². The van der Waals surface area contributed by atoms with Gasteiger partial charge >= 0.3 is 0 Å². The summed E-state index contributed by atoms with van der Waals surface area (Å²) < 4.78 is 0. The second kappa shape index (κ2) is 7.55. The molecule has 0 aromatic rings. The highest BCUT2D eigenvalue weighted by atomic mass is 32.2. The van der Waals surface area contributed by atoms with Crippen LogP contribution < -0.4 is 5.32 Å². The van der Waals surface area contributed by atoms with Gasteiger partial charge in [-0.15, -0.1) is 0 Å². The second-order valence-electron chi connectivity index (χ2n) is 4.03. The van der Waals surface area contributed by atoms with Crippen LogP contribution in [0.3, 0.4) is 0 Å². The topological polar surface area (TPSA) is 15.3 Å². The molecule has 1 unspecified atom stereocenters. The number of hydrogen-bond donors (Lipinski definition) is 1. The molecule has 1 saturated heterocycles. The Morgan fingerprint density at radius 2 is 2.36 bits per heavy atom. The van der Waals surface area contributed by atoms with Crippen LogP contribution in [-0.2, 0) is 0 Å². The molecule has 1 aliphatic heterocycles. The summed E-state index contributed by atoms with van der Waals surface area (Å²) in [4.78, 5) is 2.55. The van der Waals surface area contributed by atoms with Gasteiger partial charge in [-0.2, -0.15) is 11.8 Å². The molecule has 0 bridgehead atoms. The van der Waals surface area contributed by atoms with Gasteiger partial charge in [0, 0.05) is 12.6 Å². The largest absolute Gasteiger partial charge is 0.313 e. The third-order valence-corrected chi connectivity index (χ3v) is 3.61. The Morgan fingerprint density at radius 1 is 1.50 bits per heavy atom. The van der Waals surface area contributed by atoms with Crippen LogP contribution in [0, 0.1) is 0 Å². The molecule has 1 aliphatic rings. The van der Waals surface area contributed by atoms with E-state index < -0.39 is 0 Å². The highest BCUT2D eigenvalue weighted by molar-refractivity contribution is 7.98. The molecule has 0 aromatic carbocycles.